The van der Waals surface area contributed by atoms with E-state index in [4.69, 9.17) is 0 Å². The highest BCUT2D eigenvalue weighted by Crippen LogP contribution is 2.24. The molecule has 2 nitrogen and oxygen atoms in total. The summed E-state index contributed by atoms with van der Waals surface area (Å²) in [4.78, 5) is 1.00. The van der Waals surface area contributed by atoms with Crippen LogP contribution in [0.25, 0.3) is 0 Å². The van der Waals surface area contributed by atoms with E-state index in [0.29, 0.717) is 11.8 Å². The molecule has 0 aromatic heterocycles. The minimum Gasteiger partial charge on any atom is -0.313 e. The maximum absolute atomic E-state index is 12.3. The van der Waals surface area contributed by atoms with E-state index in [9.17, 15) is 4.21 Å². The fourth-order valence-electron chi connectivity index (χ4n) is 2.46. The Morgan fingerprint density at radius 3 is 2.89 bits per heavy atom. The van der Waals surface area contributed by atoms with Gasteiger partial charge in [0.25, 0.3) is 0 Å². The van der Waals surface area contributed by atoms with Gasteiger partial charge in [-0.05, 0) is 62.4 Å². The largest absolute Gasteiger partial charge is 0.313 e. The van der Waals surface area contributed by atoms with Crippen LogP contribution in [0.2, 0.25) is 0 Å². The lowest BCUT2D eigenvalue weighted by atomic mass is 10.1. The second kappa shape index (κ2) is 6.48. The third kappa shape index (κ3) is 3.42. The van der Waals surface area contributed by atoms with Gasteiger partial charge in [0.15, 0.2) is 0 Å². The van der Waals surface area contributed by atoms with Gasteiger partial charge in [-0.3, -0.25) is 4.21 Å². The molecule has 0 aliphatic heterocycles. The minimum atomic E-state index is -0.872. The van der Waals surface area contributed by atoms with Crippen molar-refractivity contribution in [3.05, 3.63) is 29.3 Å². The number of nitrogens with one attached hydrogen (secondary N) is 1. The molecule has 0 saturated heterocycles. The lowest BCUT2D eigenvalue weighted by Gasteiger charge is -2.13. The zero-order valence-corrected chi connectivity index (χ0v) is 12.2. The van der Waals surface area contributed by atoms with E-state index in [1.807, 2.05) is 6.07 Å². The summed E-state index contributed by atoms with van der Waals surface area (Å²) in [5.74, 6) is 0.707. The average molecular weight is 265 g/mol. The second-order valence-electron chi connectivity index (χ2n) is 5.15. The van der Waals surface area contributed by atoms with Crippen LogP contribution in [0.5, 0.6) is 0 Å². The SMILES string of the molecule is CCCNC(C)CS(=O)c1ccc2c(c1)CCC2. The van der Waals surface area contributed by atoms with Crippen LogP contribution in [-0.4, -0.2) is 22.5 Å². The molecule has 1 N–H and O–H groups in total. The molecule has 0 bridgehead atoms. The molecular weight excluding hydrogens is 242 g/mol. The standard InChI is InChI=1S/C15H23NOS/c1-3-9-16-12(2)11-18(17)15-8-7-13-5-4-6-14(13)10-15/h7-8,10,12,16H,3-6,9,11H2,1-2H3. The maximum Gasteiger partial charge on any atom is 0.0545 e. The van der Waals surface area contributed by atoms with E-state index in [1.165, 1.54) is 24.0 Å². The van der Waals surface area contributed by atoms with Crippen LogP contribution in [0.1, 0.15) is 37.8 Å². The van der Waals surface area contributed by atoms with Gasteiger partial charge in [-0.25, -0.2) is 0 Å². The van der Waals surface area contributed by atoms with Gasteiger partial charge < -0.3 is 5.32 Å². The van der Waals surface area contributed by atoms with Crippen molar-refractivity contribution >= 4 is 10.8 Å². The van der Waals surface area contributed by atoms with Gasteiger partial charge in [-0.1, -0.05) is 13.0 Å². The molecule has 0 spiro atoms. The van der Waals surface area contributed by atoms with Crippen molar-refractivity contribution in [1.29, 1.82) is 0 Å². The molecule has 0 fully saturated rings. The zero-order valence-electron chi connectivity index (χ0n) is 11.4. The van der Waals surface area contributed by atoms with E-state index in [1.54, 1.807) is 0 Å². The number of hydrogen-bond donors (Lipinski definition) is 1. The van der Waals surface area contributed by atoms with Crippen molar-refractivity contribution in [1.82, 2.24) is 5.32 Å². The monoisotopic (exact) mass is 265 g/mol. The van der Waals surface area contributed by atoms with Crippen LogP contribution >= 0.6 is 0 Å². The third-order valence-corrected chi connectivity index (χ3v) is 5.06. The van der Waals surface area contributed by atoms with Gasteiger partial charge in [-0.15, -0.1) is 0 Å². The van der Waals surface area contributed by atoms with E-state index < -0.39 is 10.8 Å². The van der Waals surface area contributed by atoms with Crippen molar-refractivity contribution in [3.63, 3.8) is 0 Å². The van der Waals surface area contributed by atoms with E-state index in [2.05, 4.69) is 31.3 Å². The molecule has 2 unspecified atom stereocenters. The fourth-order valence-corrected chi connectivity index (χ4v) is 3.72. The van der Waals surface area contributed by atoms with Crippen molar-refractivity contribution < 1.29 is 4.21 Å². The average Bonchev–Trinajstić information content (AvgIpc) is 2.83. The first-order valence-corrected chi connectivity index (χ1v) is 8.26. The van der Waals surface area contributed by atoms with Crippen LogP contribution in [-0.2, 0) is 23.6 Å². The number of rotatable bonds is 6. The summed E-state index contributed by atoms with van der Waals surface area (Å²) in [5.41, 5.74) is 2.86. The quantitative estimate of drug-likeness (QED) is 0.857. The third-order valence-electron chi connectivity index (χ3n) is 3.48. The summed E-state index contributed by atoms with van der Waals surface area (Å²) in [6, 6.07) is 6.69. The molecule has 0 heterocycles. The molecule has 2 rings (SSSR count). The Labute approximate surface area is 113 Å². The highest BCUT2D eigenvalue weighted by molar-refractivity contribution is 7.85. The lowest BCUT2D eigenvalue weighted by molar-refractivity contribution is 0.582. The van der Waals surface area contributed by atoms with Gasteiger partial charge in [0, 0.05) is 16.7 Å². The first-order valence-electron chi connectivity index (χ1n) is 6.94. The normalized spacial score (nSPS) is 17.4. The smallest absolute Gasteiger partial charge is 0.0545 e. The topological polar surface area (TPSA) is 29.1 Å². The highest BCUT2D eigenvalue weighted by atomic mass is 32.2. The van der Waals surface area contributed by atoms with E-state index >= 15 is 0 Å². The summed E-state index contributed by atoms with van der Waals surface area (Å²) in [6.45, 7) is 5.26. The molecular formula is C15H23NOS. The molecule has 1 aliphatic carbocycles. The molecule has 18 heavy (non-hydrogen) atoms. The second-order valence-corrected chi connectivity index (χ2v) is 6.65. The number of benzene rings is 1. The molecule has 1 aromatic carbocycles. The first-order chi connectivity index (χ1) is 8.70. The van der Waals surface area contributed by atoms with Crippen LogP contribution in [0, 0.1) is 0 Å². The van der Waals surface area contributed by atoms with Crippen molar-refractivity contribution in [3.8, 4) is 0 Å². The number of hydrogen-bond acceptors (Lipinski definition) is 2. The van der Waals surface area contributed by atoms with Crippen molar-refractivity contribution in [2.45, 2.75) is 50.5 Å². The van der Waals surface area contributed by atoms with Crippen LogP contribution in [0.15, 0.2) is 23.1 Å². The molecule has 1 aliphatic rings. The Balaban J connectivity index is 1.96. The van der Waals surface area contributed by atoms with Gasteiger partial charge >= 0.3 is 0 Å². The van der Waals surface area contributed by atoms with E-state index in [-0.39, 0.29) is 0 Å². The Bertz CT molecular complexity index is 431. The zero-order chi connectivity index (χ0) is 13.0. The Kier molecular flexibility index (Phi) is 4.95. The van der Waals surface area contributed by atoms with Crippen molar-refractivity contribution in [2.24, 2.45) is 0 Å². The van der Waals surface area contributed by atoms with Gasteiger partial charge in [-0.2, -0.15) is 0 Å². The van der Waals surface area contributed by atoms with E-state index in [0.717, 1.165) is 24.3 Å². The first kappa shape index (κ1) is 13.8. The summed E-state index contributed by atoms with van der Waals surface area (Å²) >= 11 is 0. The number of aryl methyl sites for hydroxylation is 2. The molecule has 0 saturated carbocycles. The van der Waals surface area contributed by atoms with Gasteiger partial charge in [0.05, 0.1) is 10.8 Å². The summed E-state index contributed by atoms with van der Waals surface area (Å²) < 4.78 is 12.3. The van der Waals surface area contributed by atoms with Crippen LogP contribution < -0.4 is 5.32 Å². The molecule has 0 amide bonds. The molecule has 2 atom stereocenters. The summed E-state index contributed by atoms with van der Waals surface area (Å²) in [7, 11) is -0.872. The van der Waals surface area contributed by atoms with Crippen molar-refractivity contribution in [2.75, 3.05) is 12.3 Å². The Morgan fingerprint density at radius 1 is 1.33 bits per heavy atom. The molecule has 100 valence electrons. The summed E-state index contributed by atoms with van der Waals surface area (Å²) in [5, 5.41) is 3.39. The molecule has 0 radical (unpaired) electrons. The van der Waals surface area contributed by atoms with Gasteiger partial charge in [0.1, 0.15) is 0 Å². The summed E-state index contributed by atoms with van der Waals surface area (Å²) in [6.07, 6.45) is 4.72. The predicted octanol–water partition coefficient (Wildman–Crippen LogP) is 2.67. The number of fused-ring (bicyclic) bond motifs is 1. The molecule has 1 aromatic rings. The minimum absolute atomic E-state index is 0.319. The maximum atomic E-state index is 12.3. The van der Waals surface area contributed by atoms with Crippen LogP contribution in [0.3, 0.4) is 0 Å². The van der Waals surface area contributed by atoms with Gasteiger partial charge in [0.2, 0.25) is 0 Å². The predicted molar refractivity (Wildman–Crippen MR) is 77.5 cm³/mol. The Hall–Kier alpha value is -0.670. The lowest BCUT2D eigenvalue weighted by Crippen LogP contribution is -2.31. The Morgan fingerprint density at radius 2 is 2.11 bits per heavy atom. The highest BCUT2D eigenvalue weighted by Gasteiger charge is 2.14. The molecule has 3 heteroatoms. The fraction of sp³-hybridized carbons (Fsp3) is 0.600. The van der Waals surface area contributed by atoms with Crippen LogP contribution in [0.4, 0.5) is 0 Å².